The minimum absolute atomic E-state index is 0.0118. The van der Waals surface area contributed by atoms with Gasteiger partial charge in [0.25, 0.3) is 5.60 Å². The molecule has 1 heterocycles. The Bertz CT molecular complexity index is 1260. The van der Waals surface area contributed by atoms with Gasteiger partial charge in [0, 0.05) is 12.1 Å². The van der Waals surface area contributed by atoms with Crippen molar-refractivity contribution in [2.75, 3.05) is 13.2 Å². The second-order valence-electron chi connectivity index (χ2n) is 11.8. The van der Waals surface area contributed by atoms with Gasteiger partial charge < -0.3 is 25.0 Å². The Morgan fingerprint density at radius 3 is 1.96 bits per heavy atom. The lowest BCUT2D eigenvalue weighted by Crippen LogP contribution is -2.54. The molecule has 1 aliphatic rings. The number of aliphatic hydroxyl groups is 2. The van der Waals surface area contributed by atoms with Gasteiger partial charge in [-0.2, -0.15) is 26.3 Å². The van der Waals surface area contributed by atoms with Crippen molar-refractivity contribution in [3.8, 4) is 11.5 Å². The number of aryl methyl sites for hydroxylation is 2. The molecular weight excluding hydrogens is 606 g/mol. The van der Waals surface area contributed by atoms with E-state index in [2.05, 4.69) is 5.32 Å². The summed E-state index contributed by atoms with van der Waals surface area (Å²) >= 11 is 0. The Labute approximate surface area is 259 Å². The van der Waals surface area contributed by atoms with Crippen LogP contribution in [0, 0.1) is 0 Å². The topological polar surface area (TPSA) is 91.3 Å². The number of hydrogen-bond acceptors (Lipinski definition) is 5. The third-order valence-corrected chi connectivity index (χ3v) is 7.82. The first kappa shape index (κ1) is 36.3. The van der Waals surface area contributed by atoms with Crippen molar-refractivity contribution in [2.45, 2.75) is 109 Å². The van der Waals surface area contributed by atoms with Crippen LogP contribution in [-0.2, 0) is 24.0 Å². The summed E-state index contributed by atoms with van der Waals surface area (Å²) in [5.41, 5.74) is -6.44. The first-order valence-corrected chi connectivity index (χ1v) is 15.1. The zero-order chi connectivity index (χ0) is 33.8. The lowest BCUT2D eigenvalue weighted by atomic mass is 9.87. The number of alkyl halides is 6. The number of benzene rings is 2. The molecule has 1 fully saturated rings. The Kier molecular flexibility index (Phi) is 11.3. The molecule has 2 aromatic carbocycles. The van der Waals surface area contributed by atoms with Crippen molar-refractivity contribution in [1.82, 2.24) is 10.2 Å². The Hall–Kier alpha value is -3.19. The zero-order valence-corrected chi connectivity index (χ0v) is 26.1. The highest BCUT2D eigenvalue weighted by molar-refractivity contribution is 5.78. The van der Waals surface area contributed by atoms with Gasteiger partial charge in [-0.15, -0.1) is 0 Å². The minimum atomic E-state index is -5.99. The molecule has 2 atom stereocenters. The zero-order valence-electron chi connectivity index (χ0n) is 26.1. The van der Waals surface area contributed by atoms with Crippen molar-refractivity contribution >= 4 is 6.03 Å². The van der Waals surface area contributed by atoms with Crippen LogP contribution >= 0.6 is 0 Å². The van der Waals surface area contributed by atoms with E-state index in [9.17, 15) is 41.4 Å². The maximum Gasteiger partial charge on any atom is 0.430 e. The number of nitrogens with one attached hydrogen (secondary N) is 1. The van der Waals surface area contributed by atoms with E-state index in [0.717, 1.165) is 12.1 Å². The number of nitrogens with zero attached hydrogens (tertiary/aromatic N) is 1. The van der Waals surface area contributed by atoms with Crippen LogP contribution in [0.3, 0.4) is 0 Å². The number of halogens is 6. The maximum absolute atomic E-state index is 13.6. The molecule has 13 heteroatoms. The average Bonchev–Trinajstić information content (AvgIpc) is 3.15. The van der Waals surface area contributed by atoms with E-state index in [1.54, 1.807) is 45.0 Å². The minimum Gasteiger partial charge on any atom is -0.493 e. The molecule has 0 radical (unpaired) electrons. The molecule has 0 bridgehead atoms. The summed E-state index contributed by atoms with van der Waals surface area (Å²) < 4.78 is 93.4. The average molecular weight is 649 g/mol. The van der Waals surface area contributed by atoms with Crippen LogP contribution in [0.15, 0.2) is 36.4 Å². The lowest BCUT2D eigenvalue weighted by molar-refractivity contribution is -0.376. The van der Waals surface area contributed by atoms with Gasteiger partial charge >= 0.3 is 18.4 Å². The van der Waals surface area contributed by atoms with Crippen molar-refractivity contribution in [3.63, 3.8) is 0 Å². The predicted octanol–water partition coefficient (Wildman–Crippen LogP) is 7.11. The third-order valence-electron chi connectivity index (χ3n) is 7.82. The standard InChI is InChI=1S/C32H42F6N2O5/c1-6-10-21-18-24(30(43,31(33,34)35)32(36,37)38)19-22(11-7-2)26(21)44-17-9-8-16-40-27(41)29(5,39-28(40)42)23-12-14-25(15-13-23)45-20(3)4/h12-15,18-20,27,41,43H,6-11,16-17H2,1-5H3,(H,39,42). The van der Waals surface area contributed by atoms with Gasteiger partial charge in [-0.3, -0.25) is 4.90 Å². The number of carbonyl (C=O) groups excluding carboxylic acids is 1. The maximum atomic E-state index is 13.6. The van der Waals surface area contributed by atoms with Gasteiger partial charge in [-0.25, -0.2) is 4.79 Å². The highest BCUT2D eigenvalue weighted by Crippen LogP contribution is 2.51. The first-order valence-electron chi connectivity index (χ1n) is 15.1. The van der Waals surface area contributed by atoms with E-state index >= 15 is 0 Å². The SMILES string of the molecule is CCCc1cc(C(O)(C(F)(F)F)C(F)(F)F)cc(CCC)c1OCCCCN1C(=O)NC(C)(c2ccc(OC(C)C)cc2)C1O. The number of unbranched alkanes of at least 4 members (excludes halogenated alkanes) is 1. The predicted molar refractivity (Wildman–Crippen MR) is 156 cm³/mol. The summed E-state index contributed by atoms with van der Waals surface area (Å²) in [5, 5.41) is 23.9. The monoisotopic (exact) mass is 648 g/mol. The van der Waals surface area contributed by atoms with E-state index < -0.39 is 41.3 Å². The number of hydrogen-bond donors (Lipinski definition) is 3. The van der Waals surface area contributed by atoms with Crippen molar-refractivity contribution in [1.29, 1.82) is 0 Å². The van der Waals surface area contributed by atoms with Crippen LogP contribution < -0.4 is 14.8 Å². The fourth-order valence-electron chi connectivity index (χ4n) is 5.48. The molecule has 7 nitrogen and oxygen atoms in total. The van der Waals surface area contributed by atoms with Gasteiger partial charge in [0.1, 0.15) is 17.0 Å². The Morgan fingerprint density at radius 2 is 1.49 bits per heavy atom. The first-order chi connectivity index (χ1) is 20.9. The molecule has 3 rings (SSSR count). The second kappa shape index (κ2) is 14.1. The molecule has 0 spiro atoms. The molecule has 1 saturated heterocycles. The molecule has 0 aromatic heterocycles. The summed E-state index contributed by atoms with van der Waals surface area (Å²) in [4.78, 5) is 14.1. The number of rotatable bonds is 14. The fourth-order valence-corrected chi connectivity index (χ4v) is 5.48. The lowest BCUT2D eigenvalue weighted by Gasteiger charge is -2.33. The van der Waals surface area contributed by atoms with Crippen molar-refractivity contribution in [2.24, 2.45) is 0 Å². The van der Waals surface area contributed by atoms with E-state index in [1.165, 1.54) is 4.90 Å². The normalized spacial score (nSPS) is 19.3. The largest absolute Gasteiger partial charge is 0.493 e. The van der Waals surface area contributed by atoms with Gasteiger partial charge in [0.15, 0.2) is 6.23 Å². The number of amides is 2. The summed E-state index contributed by atoms with van der Waals surface area (Å²) in [5.74, 6) is 0.855. The molecule has 0 saturated carbocycles. The van der Waals surface area contributed by atoms with Gasteiger partial charge in [0.05, 0.1) is 12.7 Å². The van der Waals surface area contributed by atoms with Crippen LogP contribution in [0.1, 0.15) is 82.6 Å². The molecule has 0 aliphatic carbocycles. The number of carbonyl (C=O) groups is 1. The molecule has 2 aromatic rings. The molecule has 2 amide bonds. The second-order valence-corrected chi connectivity index (χ2v) is 11.8. The van der Waals surface area contributed by atoms with Crippen LogP contribution in [-0.4, -0.2) is 59.0 Å². The van der Waals surface area contributed by atoms with Crippen LogP contribution in [0.5, 0.6) is 11.5 Å². The van der Waals surface area contributed by atoms with E-state index in [-0.39, 0.29) is 49.0 Å². The van der Waals surface area contributed by atoms with E-state index in [0.29, 0.717) is 37.0 Å². The number of urea groups is 1. The smallest absolute Gasteiger partial charge is 0.430 e. The highest BCUT2D eigenvalue weighted by Gasteiger charge is 2.71. The molecule has 2 unspecified atom stereocenters. The Morgan fingerprint density at radius 1 is 0.956 bits per heavy atom. The van der Waals surface area contributed by atoms with Crippen LogP contribution in [0.4, 0.5) is 31.1 Å². The summed E-state index contributed by atoms with van der Waals surface area (Å²) in [6.07, 6.45) is -11.3. The number of ether oxygens (including phenoxy) is 2. The van der Waals surface area contributed by atoms with E-state index in [4.69, 9.17) is 9.47 Å². The summed E-state index contributed by atoms with van der Waals surface area (Å²) in [7, 11) is 0. The number of aliphatic hydroxyl groups excluding tert-OH is 1. The fraction of sp³-hybridized carbons (Fsp3) is 0.594. The summed E-state index contributed by atoms with van der Waals surface area (Å²) in [6.45, 7) is 9.21. The van der Waals surface area contributed by atoms with Crippen LogP contribution in [0.25, 0.3) is 0 Å². The molecule has 45 heavy (non-hydrogen) atoms. The van der Waals surface area contributed by atoms with Gasteiger partial charge in [-0.1, -0.05) is 38.8 Å². The van der Waals surface area contributed by atoms with Gasteiger partial charge in [-0.05, 0) is 87.4 Å². The molecule has 1 aliphatic heterocycles. The highest BCUT2D eigenvalue weighted by atomic mass is 19.4. The quantitative estimate of drug-likeness (QED) is 0.150. The molecule has 3 N–H and O–H groups in total. The van der Waals surface area contributed by atoms with Crippen LogP contribution in [0.2, 0.25) is 0 Å². The van der Waals surface area contributed by atoms with Gasteiger partial charge in [0.2, 0.25) is 0 Å². The summed E-state index contributed by atoms with van der Waals surface area (Å²) in [6, 6.07) is 8.07. The van der Waals surface area contributed by atoms with Crippen molar-refractivity contribution < 1.29 is 50.8 Å². The van der Waals surface area contributed by atoms with Crippen molar-refractivity contribution in [3.05, 3.63) is 58.7 Å². The Balaban J connectivity index is 1.72. The van der Waals surface area contributed by atoms with E-state index in [1.807, 2.05) is 13.8 Å². The molecular formula is C32H42F6N2O5. The molecule has 252 valence electrons. The third kappa shape index (κ3) is 7.62.